The highest BCUT2D eigenvalue weighted by atomic mass is 32.2. The summed E-state index contributed by atoms with van der Waals surface area (Å²) in [4.78, 5) is 16.8. The molecule has 1 aromatic heterocycles. The van der Waals surface area contributed by atoms with Gasteiger partial charge in [-0.2, -0.15) is 0 Å². The van der Waals surface area contributed by atoms with E-state index in [-0.39, 0.29) is 17.2 Å². The zero-order valence-corrected chi connectivity index (χ0v) is 16.2. The smallest absolute Gasteiger partial charge is 0.230 e. The Bertz CT molecular complexity index is 1090. The van der Waals surface area contributed by atoms with Crippen LogP contribution in [0.3, 0.4) is 0 Å². The summed E-state index contributed by atoms with van der Waals surface area (Å²) in [5, 5.41) is 3.22. The number of hydrogen-bond acceptors (Lipinski definition) is 6. The third-order valence-electron chi connectivity index (χ3n) is 3.86. The fourth-order valence-electron chi connectivity index (χ4n) is 2.59. The van der Waals surface area contributed by atoms with E-state index in [9.17, 15) is 13.2 Å². The average Bonchev–Trinajstić information content (AvgIpc) is 2.95. The number of benzene rings is 2. The molecule has 0 unspecified atom stereocenters. The number of ether oxygens (including phenoxy) is 1. The van der Waals surface area contributed by atoms with E-state index in [4.69, 9.17) is 4.74 Å². The predicted octanol–water partition coefficient (Wildman–Crippen LogP) is 3.20. The first-order valence-electron chi connectivity index (χ1n) is 7.80. The number of fused-ring (bicyclic) bond motifs is 1. The maximum Gasteiger partial charge on any atom is 0.230 e. The molecule has 0 atom stereocenters. The Morgan fingerprint density at radius 3 is 2.65 bits per heavy atom. The van der Waals surface area contributed by atoms with Gasteiger partial charge in [0, 0.05) is 6.26 Å². The van der Waals surface area contributed by atoms with Gasteiger partial charge in [0.1, 0.15) is 5.75 Å². The Hall–Kier alpha value is -2.45. The van der Waals surface area contributed by atoms with Gasteiger partial charge in [0.05, 0.1) is 28.6 Å². The van der Waals surface area contributed by atoms with Crippen molar-refractivity contribution in [2.45, 2.75) is 18.2 Å². The summed E-state index contributed by atoms with van der Waals surface area (Å²) in [6, 6.07) is 10.3. The fraction of sp³-hybridized carbons (Fsp3) is 0.222. The maximum absolute atomic E-state index is 12.3. The van der Waals surface area contributed by atoms with E-state index in [0.29, 0.717) is 15.3 Å². The molecule has 0 radical (unpaired) electrons. The summed E-state index contributed by atoms with van der Waals surface area (Å²) in [5.74, 6) is 0.596. The highest BCUT2D eigenvalue weighted by Crippen LogP contribution is 2.28. The van der Waals surface area contributed by atoms with Gasteiger partial charge in [-0.3, -0.25) is 4.79 Å². The second-order valence-corrected chi connectivity index (χ2v) is 9.00. The first-order chi connectivity index (χ1) is 12.3. The number of hydrogen-bond donors (Lipinski definition) is 1. The van der Waals surface area contributed by atoms with Crippen LogP contribution in [0, 0.1) is 6.92 Å². The van der Waals surface area contributed by atoms with Crippen LogP contribution in [0.5, 0.6) is 5.75 Å². The summed E-state index contributed by atoms with van der Waals surface area (Å²) < 4.78 is 29.2. The molecule has 136 valence electrons. The number of sulfone groups is 1. The highest BCUT2D eigenvalue weighted by molar-refractivity contribution is 7.90. The summed E-state index contributed by atoms with van der Waals surface area (Å²) in [7, 11) is -1.67. The fourth-order valence-corrected chi connectivity index (χ4v) is 4.23. The summed E-state index contributed by atoms with van der Waals surface area (Å²) >= 11 is 1.25. The first-order valence-corrected chi connectivity index (χ1v) is 10.5. The number of aromatic nitrogens is 1. The van der Waals surface area contributed by atoms with Gasteiger partial charge < -0.3 is 10.1 Å². The zero-order valence-electron chi connectivity index (χ0n) is 14.6. The van der Waals surface area contributed by atoms with Crippen LogP contribution in [0.2, 0.25) is 0 Å². The molecule has 0 saturated heterocycles. The molecule has 0 aliphatic heterocycles. The molecular formula is C18H18N2O4S2. The summed E-state index contributed by atoms with van der Waals surface area (Å²) in [6.07, 6.45) is 1.38. The largest absolute Gasteiger partial charge is 0.496 e. The highest BCUT2D eigenvalue weighted by Gasteiger charge is 2.13. The van der Waals surface area contributed by atoms with Gasteiger partial charge in [-0.25, -0.2) is 13.4 Å². The third kappa shape index (κ3) is 4.03. The monoisotopic (exact) mass is 390 g/mol. The van der Waals surface area contributed by atoms with Crippen LogP contribution in [0.25, 0.3) is 10.2 Å². The van der Waals surface area contributed by atoms with Crippen LogP contribution in [0.1, 0.15) is 11.1 Å². The molecule has 0 fully saturated rings. The molecule has 6 nitrogen and oxygen atoms in total. The van der Waals surface area contributed by atoms with Gasteiger partial charge in [0.25, 0.3) is 0 Å². The molecule has 3 aromatic rings. The van der Waals surface area contributed by atoms with Crippen molar-refractivity contribution < 1.29 is 17.9 Å². The Morgan fingerprint density at radius 1 is 1.23 bits per heavy atom. The van der Waals surface area contributed by atoms with Crippen molar-refractivity contribution >= 4 is 42.4 Å². The number of nitrogens with one attached hydrogen (secondary N) is 1. The predicted molar refractivity (Wildman–Crippen MR) is 103 cm³/mol. The topological polar surface area (TPSA) is 85.4 Å². The number of carbonyl (C=O) groups is 1. The van der Waals surface area contributed by atoms with E-state index in [1.807, 2.05) is 25.1 Å². The van der Waals surface area contributed by atoms with Crippen LogP contribution in [-0.4, -0.2) is 32.7 Å². The molecule has 1 N–H and O–H groups in total. The zero-order chi connectivity index (χ0) is 18.9. The Kier molecular flexibility index (Phi) is 4.97. The number of methoxy groups -OCH3 is 1. The minimum atomic E-state index is -3.28. The third-order valence-corrected chi connectivity index (χ3v) is 5.90. The number of carbonyl (C=O) groups excluding carboxylic acids is 1. The van der Waals surface area contributed by atoms with E-state index >= 15 is 0 Å². The number of thiazole rings is 1. The number of nitrogens with zero attached hydrogens (tertiary/aromatic N) is 1. The van der Waals surface area contributed by atoms with Gasteiger partial charge in [-0.1, -0.05) is 23.5 Å². The lowest BCUT2D eigenvalue weighted by molar-refractivity contribution is -0.115. The number of aryl methyl sites for hydroxylation is 1. The van der Waals surface area contributed by atoms with Gasteiger partial charge in [-0.15, -0.1) is 0 Å². The maximum atomic E-state index is 12.3. The molecule has 0 saturated carbocycles. The first kappa shape index (κ1) is 18.3. The van der Waals surface area contributed by atoms with E-state index in [2.05, 4.69) is 10.3 Å². The molecule has 8 heteroatoms. The molecule has 0 aliphatic rings. The van der Waals surface area contributed by atoms with E-state index in [0.717, 1.165) is 23.1 Å². The molecule has 0 spiro atoms. The van der Waals surface area contributed by atoms with Crippen LogP contribution < -0.4 is 10.1 Å². The second kappa shape index (κ2) is 7.05. The van der Waals surface area contributed by atoms with Crippen LogP contribution in [0.15, 0.2) is 41.3 Å². The molecule has 3 rings (SSSR count). The molecule has 1 heterocycles. The lowest BCUT2D eigenvalue weighted by atomic mass is 10.1. The Labute approximate surface area is 155 Å². The van der Waals surface area contributed by atoms with Crippen molar-refractivity contribution in [3.05, 3.63) is 47.5 Å². The van der Waals surface area contributed by atoms with Crippen LogP contribution in [-0.2, 0) is 21.1 Å². The van der Waals surface area contributed by atoms with E-state index in [1.54, 1.807) is 19.2 Å². The van der Waals surface area contributed by atoms with Crippen molar-refractivity contribution in [3.63, 3.8) is 0 Å². The van der Waals surface area contributed by atoms with Crippen molar-refractivity contribution in [1.29, 1.82) is 0 Å². The lowest BCUT2D eigenvalue weighted by Crippen LogP contribution is -2.14. The van der Waals surface area contributed by atoms with Crippen molar-refractivity contribution in [2.75, 3.05) is 18.7 Å². The lowest BCUT2D eigenvalue weighted by Gasteiger charge is -2.07. The van der Waals surface area contributed by atoms with Crippen molar-refractivity contribution in [3.8, 4) is 5.75 Å². The number of anilines is 1. The summed E-state index contributed by atoms with van der Waals surface area (Å²) in [6.45, 7) is 1.92. The minimum Gasteiger partial charge on any atom is -0.496 e. The van der Waals surface area contributed by atoms with E-state index in [1.165, 1.54) is 17.4 Å². The SMILES string of the molecule is COc1ccc(CC(=O)Nc2nc3ccc(S(C)(=O)=O)cc3s2)cc1C. The van der Waals surface area contributed by atoms with Crippen molar-refractivity contribution in [2.24, 2.45) is 0 Å². The molecule has 2 aromatic carbocycles. The van der Waals surface area contributed by atoms with Gasteiger partial charge in [-0.05, 0) is 42.3 Å². The number of amides is 1. The second-order valence-electron chi connectivity index (χ2n) is 5.95. The standard InChI is InChI=1S/C18H18N2O4S2/c1-11-8-12(4-7-15(11)24-2)9-17(21)20-18-19-14-6-5-13(26(3,22)23)10-16(14)25-18/h4-8,10H,9H2,1-3H3,(H,19,20,21). The van der Waals surface area contributed by atoms with Gasteiger partial charge in [0.15, 0.2) is 15.0 Å². The molecule has 26 heavy (non-hydrogen) atoms. The van der Waals surface area contributed by atoms with Gasteiger partial charge in [0.2, 0.25) is 5.91 Å². The minimum absolute atomic E-state index is 0.183. The van der Waals surface area contributed by atoms with E-state index < -0.39 is 9.84 Å². The summed E-state index contributed by atoms with van der Waals surface area (Å²) in [5.41, 5.74) is 2.49. The van der Waals surface area contributed by atoms with Gasteiger partial charge >= 0.3 is 0 Å². The molecular weight excluding hydrogens is 372 g/mol. The van der Waals surface area contributed by atoms with Crippen LogP contribution in [0.4, 0.5) is 5.13 Å². The molecule has 0 bridgehead atoms. The Balaban J connectivity index is 1.76. The molecule has 1 amide bonds. The quantitative estimate of drug-likeness (QED) is 0.723. The Morgan fingerprint density at radius 2 is 2.00 bits per heavy atom. The molecule has 0 aliphatic carbocycles. The number of rotatable bonds is 5. The van der Waals surface area contributed by atoms with Crippen LogP contribution >= 0.6 is 11.3 Å². The average molecular weight is 390 g/mol. The normalized spacial score (nSPS) is 11.5. The van der Waals surface area contributed by atoms with Crippen molar-refractivity contribution in [1.82, 2.24) is 4.98 Å².